The van der Waals surface area contributed by atoms with Gasteiger partial charge < -0.3 is 10.6 Å². The first-order valence-electron chi connectivity index (χ1n) is 7.17. The summed E-state index contributed by atoms with van der Waals surface area (Å²) in [6, 6.07) is 1.46. The normalized spacial score (nSPS) is 47.2. The number of hydrogen-bond donors (Lipinski definition) is 2. The molecule has 1 atom stereocenters. The molecule has 0 radical (unpaired) electrons. The molecular formula is C14H26N2. The van der Waals surface area contributed by atoms with Gasteiger partial charge in [-0.25, -0.2) is 0 Å². The molecule has 0 aromatic carbocycles. The molecule has 4 rings (SSSR count). The molecule has 0 amide bonds. The van der Waals surface area contributed by atoms with Gasteiger partial charge in [-0.1, -0.05) is 0 Å². The first kappa shape index (κ1) is 11.0. The second-order valence-corrected chi connectivity index (χ2v) is 6.55. The van der Waals surface area contributed by atoms with Crippen LogP contribution in [0.3, 0.4) is 0 Å². The quantitative estimate of drug-likeness (QED) is 0.760. The minimum Gasteiger partial charge on any atom is -0.316 e. The minimum absolute atomic E-state index is 0.609. The van der Waals surface area contributed by atoms with Gasteiger partial charge in [0.05, 0.1) is 0 Å². The lowest BCUT2D eigenvalue weighted by molar-refractivity contribution is -0.0140. The summed E-state index contributed by atoms with van der Waals surface area (Å²) in [5, 5.41) is 7.18. The summed E-state index contributed by atoms with van der Waals surface area (Å²) in [6.45, 7) is 3.41. The molecule has 0 aromatic rings. The van der Waals surface area contributed by atoms with Crippen LogP contribution in [0.2, 0.25) is 0 Å². The van der Waals surface area contributed by atoms with Crippen molar-refractivity contribution in [3.63, 3.8) is 0 Å². The van der Waals surface area contributed by atoms with Gasteiger partial charge in [-0.3, -0.25) is 0 Å². The second kappa shape index (κ2) is 4.30. The molecule has 4 aliphatic rings. The van der Waals surface area contributed by atoms with E-state index in [2.05, 4.69) is 24.6 Å². The van der Waals surface area contributed by atoms with Crippen LogP contribution in [-0.2, 0) is 0 Å². The van der Waals surface area contributed by atoms with Crippen LogP contribution in [-0.4, -0.2) is 25.7 Å². The van der Waals surface area contributed by atoms with Crippen LogP contribution >= 0.6 is 0 Å². The van der Waals surface area contributed by atoms with E-state index in [0.29, 0.717) is 6.04 Å². The summed E-state index contributed by atoms with van der Waals surface area (Å²) in [5.74, 6) is 4.23. The highest BCUT2D eigenvalue weighted by atomic mass is 15.0. The average molecular weight is 222 g/mol. The van der Waals surface area contributed by atoms with Crippen LogP contribution in [0.15, 0.2) is 0 Å². The Morgan fingerprint density at radius 2 is 1.56 bits per heavy atom. The fourth-order valence-corrected chi connectivity index (χ4v) is 4.67. The molecule has 2 nitrogen and oxygen atoms in total. The molecule has 4 fully saturated rings. The summed E-state index contributed by atoms with van der Waals surface area (Å²) in [7, 11) is 2.06. The van der Waals surface area contributed by atoms with E-state index in [1.54, 1.807) is 6.42 Å². The van der Waals surface area contributed by atoms with Gasteiger partial charge in [0.15, 0.2) is 0 Å². The van der Waals surface area contributed by atoms with E-state index in [0.717, 1.165) is 36.3 Å². The molecule has 4 bridgehead atoms. The second-order valence-electron chi connectivity index (χ2n) is 6.55. The third-order valence-electron chi connectivity index (χ3n) is 5.38. The van der Waals surface area contributed by atoms with E-state index in [4.69, 9.17) is 0 Å². The highest BCUT2D eigenvalue weighted by Gasteiger charge is 2.47. The predicted molar refractivity (Wildman–Crippen MR) is 67.4 cm³/mol. The molecule has 0 aromatic heterocycles. The van der Waals surface area contributed by atoms with Gasteiger partial charge in [0.1, 0.15) is 0 Å². The van der Waals surface area contributed by atoms with Gasteiger partial charge in [-0.05, 0) is 69.7 Å². The van der Waals surface area contributed by atoms with Crippen molar-refractivity contribution in [2.24, 2.45) is 23.7 Å². The largest absolute Gasteiger partial charge is 0.316 e. The summed E-state index contributed by atoms with van der Waals surface area (Å²) in [4.78, 5) is 0. The smallest absolute Gasteiger partial charge is 0.0161 e. The van der Waals surface area contributed by atoms with E-state index in [1.807, 2.05) is 0 Å². The van der Waals surface area contributed by atoms with Gasteiger partial charge in [0, 0.05) is 18.6 Å². The Morgan fingerprint density at radius 1 is 1.00 bits per heavy atom. The van der Waals surface area contributed by atoms with Gasteiger partial charge in [-0.2, -0.15) is 0 Å². The van der Waals surface area contributed by atoms with Gasteiger partial charge in [-0.15, -0.1) is 0 Å². The Labute approximate surface area is 99.6 Å². The molecule has 0 heterocycles. The van der Waals surface area contributed by atoms with Gasteiger partial charge in [0.25, 0.3) is 0 Å². The fourth-order valence-electron chi connectivity index (χ4n) is 4.67. The molecule has 2 heteroatoms. The zero-order chi connectivity index (χ0) is 11.1. The summed E-state index contributed by atoms with van der Waals surface area (Å²) >= 11 is 0. The van der Waals surface area contributed by atoms with Crippen LogP contribution in [0.5, 0.6) is 0 Å². The summed E-state index contributed by atoms with van der Waals surface area (Å²) in [5.41, 5.74) is 0. The van der Waals surface area contributed by atoms with Crippen molar-refractivity contribution in [1.82, 2.24) is 10.6 Å². The van der Waals surface area contributed by atoms with Crippen LogP contribution in [0, 0.1) is 23.7 Å². The van der Waals surface area contributed by atoms with Gasteiger partial charge >= 0.3 is 0 Å². The first-order chi connectivity index (χ1) is 7.76. The van der Waals surface area contributed by atoms with E-state index in [-0.39, 0.29) is 0 Å². The Morgan fingerprint density at radius 3 is 2.06 bits per heavy atom. The van der Waals surface area contributed by atoms with E-state index < -0.39 is 0 Å². The summed E-state index contributed by atoms with van der Waals surface area (Å²) < 4.78 is 0. The van der Waals surface area contributed by atoms with Crippen molar-refractivity contribution in [2.75, 3.05) is 13.6 Å². The molecule has 0 spiro atoms. The summed E-state index contributed by atoms with van der Waals surface area (Å²) in [6.07, 6.45) is 7.67. The number of hydrogen-bond acceptors (Lipinski definition) is 2. The van der Waals surface area contributed by atoms with Crippen molar-refractivity contribution >= 4 is 0 Å². The lowest BCUT2D eigenvalue weighted by Crippen LogP contribution is -2.56. The van der Waals surface area contributed by atoms with E-state index in [9.17, 15) is 0 Å². The number of rotatable bonds is 4. The Bertz CT molecular complexity index is 223. The predicted octanol–water partition coefficient (Wildman–Crippen LogP) is 2.01. The lowest BCUT2D eigenvalue weighted by Gasteiger charge is -2.54. The van der Waals surface area contributed by atoms with Crippen LogP contribution in [0.25, 0.3) is 0 Å². The molecule has 4 aliphatic carbocycles. The molecule has 2 N–H and O–H groups in total. The van der Waals surface area contributed by atoms with Gasteiger partial charge in [0.2, 0.25) is 0 Å². The lowest BCUT2D eigenvalue weighted by atomic mass is 9.54. The topological polar surface area (TPSA) is 24.1 Å². The maximum absolute atomic E-state index is 3.85. The Balaban J connectivity index is 1.59. The zero-order valence-corrected chi connectivity index (χ0v) is 10.7. The first-order valence-corrected chi connectivity index (χ1v) is 7.17. The molecule has 4 saturated carbocycles. The third-order valence-corrected chi connectivity index (χ3v) is 5.38. The highest BCUT2D eigenvalue weighted by molar-refractivity contribution is 5.01. The fraction of sp³-hybridized carbons (Fsp3) is 1.00. The van der Waals surface area contributed by atoms with Crippen molar-refractivity contribution in [3.8, 4) is 0 Å². The number of likely N-dealkylation sites (N-methyl/N-ethyl adjacent to an activating group) is 1. The van der Waals surface area contributed by atoms with Crippen LogP contribution in [0.1, 0.15) is 39.0 Å². The maximum atomic E-state index is 3.85. The van der Waals surface area contributed by atoms with E-state index >= 15 is 0 Å². The SMILES string of the molecule is CNC(C)CNC1C2CC3CC(C2)CC1C3. The monoisotopic (exact) mass is 222 g/mol. The molecule has 16 heavy (non-hydrogen) atoms. The molecule has 92 valence electrons. The zero-order valence-electron chi connectivity index (χ0n) is 10.7. The van der Waals surface area contributed by atoms with Crippen molar-refractivity contribution in [3.05, 3.63) is 0 Å². The molecule has 1 unspecified atom stereocenters. The Kier molecular flexibility index (Phi) is 2.97. The molecular weight excluding hydrogens is 196 g/mol. The third kappa shape index (κ3) is 1.91. The highest BCUT2D eigenvalue weighted by Crippen LogP contribution is 2.53. The molecule has 0 aliphatic heterocycles. The Hall–Kier alpha value is -0.0800. The van der Waals surface area contributed by atoms with Crippen LogP contribution in [0.4, 0.5) is 0 Å². The van der Waals surface area contributed by atoms with Crippen LogP contribution < -0.4 is 10.6 Å². The van der Waals surface area contributed by atoms with Crippen molar-refractivity contribution in [2.45, 2.75) is 51.1 Å². The molecule has 0 saturated heterocycles. The van der Waals surface area contributed by atoms with Crippen molar-refractivity contribution in [1.29, 1.82) is 0 Å². The van der Waals surface area contributed by atoms with E-state index in [1.165, 1.54) is 25.7 Å². The maximum Gasteiger partial charge on any atom is 0.0161 e. The average Bonchev–Trinajstić information content (AvgIpc) is 2.26. The van der Waals surface area contributed by atoms with Crippen molar-refractivity contribution < 1.29 is 0 Å². The minimum atomic E-state index is 0.609. The standard InChI is InChI=1S/C14H26N2/c1-9(15-2)8-16-14-12-4-10-3-11(6-12)7-13(14)5-10/h9-16H,3-8H2,1-2H3. The number of nitrogens with one attached hydrogen (secondary N) is 2.